The molecule has 9 nitrogen and oxygen atoms in total. The van der Waals surface area contributed by atoms with Gasteiger partial charge in [-0.25, -0.2) is 4.68 Å². The number of benzene rings is 2. The van der Waals surface area contributed by atoms with Crippen LogP contribution in [0.1, 0.15) is 84.1 Å². The molecule has 9 heteroatoms. The third-order valence-electron chi connectivity index (χ3n) is 6.15. The number of aromatic nitrogens is 3. The summed E-state index contributed by atoms with van der Waals surface area (Å²) in [6, 6.07) is 9.89. The summed E-state index contributed by atoms with van der Waals surface area (Å²) in [7, 11) is 0. The average Bonchev–Trinajstić information content (AvgIpc) is 3.25. The molecule has 2 N–H and O–H groups in total. The van der Waals surface area contributed by atoms with Gasteiger partial charge in [0.2, 0.25) is 0 Å². The summed E-state index contributed by atoms with van der Waals surface area (Å²) in [5, 5.41) is 8.20. The van der Waals surface area contributed by atoms with Gasteiger partial charge in [0.1, 0.15) is 16.9 Å². The first-order valence-electron chi connectivity index (χ1n) is 11.1. The first-order chi connectivity index (χ1) is 15.8. The number of hydrogen-bond acceptors (Lipinski definition) is 6. The summed E-state index contributed by atoms with van der Waals surface area (Å²) in [5.74, 6) is -0.592. The Morgan fingerprint density at radius 2 is 1.70 bits per heavy atom. The number of amides is 2. The van der Waals surface area contributed by atoms with Gasteiger partial charge < -0.3 is 4.74 Å². The fourth-order valence-corrected chi connectivity index (χ4v) is 4.00. The molecule has 0 spiro atoms. The third kappa shape index (κ3) is 4.18. The molecule has 172 valence electrons. The summed E-state index contributed by atoms with van der Waals surface area (Å²) in [6.07, 6.45) is 1.73. The molecule has 33 heavy (non-hydrogen) atoms. The van der Waals surface area contributed by atoms with Crippen LogP contribution >= 0.6 is 0 Å². The van der Waals surface area contributed by atoms with Crippen LogP contribution in [0.4, 0.5) is 0 Å². The lowest BCUT2D eigenvalue weighted by atomic mass is 9.85. The minimum Gasteiger partial charge on any atom is -0.486 e. The predicted molar refractivity (Wildman–Crippen MR) is 122 cm³/mol. The Morgan fingerprint density at radius 1 is 1.06 bits per heavy atom. The number of carbonyl (C=O) groups excluding carboxylic acids is 3. The number of Topliss-reactive ketones (excluding diaryl/α,β-unsaturated/α-hetero) is 1. The Hall–Kier alpha value is -3.75. The summed E-state index contributed by atoms with van der Waals surface area (Å²) in [4.78, 5) is 37.8. The molecule has 0 fully saturated rings. The van der Waals surface area contributed by atoms with E-state index in [1.165, 1.54) is 6.07 Å². The number of nitrogens with one attached hydrogen (secondary N) is 2. The van der Waals surface area contributed by atoms with E-state index >= 15 is 0 Å². The highest BCUT2D eigenvalue weighted by molar-refractivity contribution is 6.04. The van der Waals surface area contributed by atoms with Crippen molar-refractivity contribution in [1.29, 1.82) is 0 Å². The summed E-state index contributed by atoms with van der Waals surface area (Å²) < 4.78 is 7.86. The molecule has 0 unspecified atom stereocenters. The molecule has 0 atom stereocenters. The number of fused-ring (bicyclic) bond motifs is 2. The number of hydrazine groups is 1. The van der Waals surface area contributed by atoms with E-state index < -0.39 is 17.4 Å². The smallest absolute Gasteiger partial charge is 0.269 e. The van der Waals surface area contributed by atoms with Crippen LogP contribution in [0, 0.1) is 0 Å². The van der Waals surface area contributed by atoms with Crippen LogP contribution in [-0.4, -0.2) is 38.2 Å². The zero-order valence-electron chi connectivity index (χ0n) is 19.1. The van der Waals surface area contributed by atoms with E-state index in [-0.39, 0.29) is 23.8 Å². The highest BCUT2D eigenvalue weighted by atomic mass is 16.5. The lowest BCUT2D eigenvalue weighted by molar-refractivity contribution is 0.0349. The molecule has 2 aromatic carbocycles. The largest absolute Gasteiger partial charge is 0.486 e. The summed E-state index contributed by atoms with van der Waals surface area (Å²) in [5.41, 5.74) is 6.68. The lowest BCUT2D eigenvalue weighted by Gasteiger charge is -2.36. The van der Waals surface area contributed by atoms with Gasteiger partial charge in [0.15, 0.2) is 5.78 Å². The van der Waals surface area contributed by atoms with Gasteiger partial charge in [0.05, 0.1) is 17.5 Å². The molecule has 0 saturated heterocycles. The summed E-state index contributed by atoms with van der Waals surface area (Å²) >= 11 is 0. The topological polar surface area (TPSA) is 115 Å². The second-order valence-corrected chi connectivity index (χ2v) is 8.54. The van der Waals surface area contributed by atoms with E-state index in [4.69, 9.17) is 4.74 Å². The van der Waals surface area contributed by atoms with E-state index in [0.717, 1.165) is 18.4 Å². The summed E-state index contributed by atoms with van der Waals surface area (Å²) in [6.45, 7) is 7.98. The van der Waals surface area contributed by atoms with Gasteiger partial charge >= 0.3 is 0 Å². The van der Waals surface area contributed by atoms with Crippen LogP contribution in [0.5, 0.6) is 5.75 Å². The third-order valence-corrected chi connectivity index (χ3v) is 6.15. The van der Waals surface area contributed by atoms with Crippen LogP contribution in [0.15, 0.2) is 36.4 Å². The van der Waals surface area contributed by atoms with Crippen molar-refractivity contribution in [3.8, 4) is 5.75 Å². The van der Waals surface area contributed by atoms with Crippen LogP contribution in [-0.2, 0) is 0 Å². The highest BCUT2D eigenvalue weighted by Gasteiger charge is 2.37. The van der Waals surface area contributed by atoms with Crippen molar-refractivity contribution >= 4 is 28.6 Å². The molecule has 4 rings (SSSR count). The number of ketones is 1. The minimum atomic E-state index is -0.534. The maximum atomic E-state index is 12.7. The van der Waals surface area contributed by atoms with Gasteiger partial charge in [0.25, 0.3) is 11.8 Å². The Bertz CT molecular complexity index is 1240. The van der Waals surface area contributed by atoms with Crippen LogP contribution in [0.2, 0.25) is 0 Å². The molecular formula is C24H27N5O4. The molecule has 2 amide bonds. The zero-order chi connectivity index (χ0) is 23.8. The number of carbonyl (C=O) groups is 3. The molecule has 3 aromatic rings. The van der Waals surface area contributed by atoms with Gasteiger partial charge in [-0.2, -0.15) is 0 Å². The van der Waals surface area contributed by atoms with E-state index in [1.54, 1.807) is 35.0 Å². The van der Waals surface area contributed by atoms with Crippen molar-refractivity contribution in [2.24, 2.45) is 0 Å². The molecule has 0 saturated carbocycles. The Labute approximate surface area is 191 Å². The van der Waals surface area contributed by atoms with E-state index in [1.807, 2.05) is 27.7 Å². The number of nitrogens with zero attached hydrogens (tertiary/aromatic N) is 3. The second-order valence-electron chi connectivity index (χ2n) is 8.54. The predicted octanol–water partition coefficient (Wildman–Crippen LogP) is 3.61. The lowest BCUT2D eigenvalue weighted by Crippen LogP contribution is -2.42. The molecule has 1 aliphatic heterocycles. The van der Waals surface area contributed by atoms with E-state index in [9.17, 15) is 14.4 Å². The number of ether oxygens (including phenoxy) is 1. The molecule has 2 heterocycles. The first kappa shape index (κ1) is 22.4. The quantitative estimate of drug-likeness (QED) is 0.575. The maximum Gasteiger partial charge on any atom is 0.269 e. The molecule has 0 radical (unpaired) electrons. The van der Waals surface area contributed by atoms with Crippen molar-refractivity contribution in [3.05, 3.63) is 53.1 Å². The molecule has 1 aliphatic rings. The Balaban J connectivity index is 1.45. The van der Waals surface area contributed by atoms with Crippen LogP contribution in [0.3, 0.4) is 0 Å². The fourth-order valence-electron chi connectivity index (χ4n) is 4.00. The monoisotopic (exact) mass is 449 g/mol. The zero-order valence-corrected chi connectivity index (χ0v) is 19.1. The van der Waals surface area contributed by atoms with Gasteiger partial charge in [-0.15, -0.1) is 5.10 Å². The minimum absolute atomic E-state index is 0.0543. The maximum absolute atomic E-state index is 12.7. The molecular weight excluding hydrogens is 422 g/mol. The van der Waals surface area contributed by atoms with E-state index in [0.29, 0.717) is 22.4 Å². The van der Waals surface area contributed by atoms with Gasteiger partial charge in [0, 0.05) is 17.2 Å². The molecule has 0 bridgehead atoms. The van der Waals surface area contributed by atoms with Crippen LogP contribution in [0.25, 0.3) is 11.0 Å². The van der Waals surface area contributed by atoms with Crippen molar-refractivity contribution < 1.29 is 19.1 Å². The van der Waals surface area contributed by atoms with Gasteiger partial charge in [-0.3, -0.25) is 25.2 Å². The molecule has 0 aliphatic carbocycles. The second kappa shape index (κ2) is 8.65. The standard InChI is InChI=1S/C24H27N5O4/c1-5-24(6-2)13-20(30)17-11-15(8-10-21(17)33-24)22(31)26-27-23(32)16-7-9-19-18(12-16)25-28-29(19)14(3)4/h7-12,14H,5-6,13H2,1-4H3,(H,26,31)(H,27,32). The average molecular weight is 450 g/mol. The van der Waals surface area contributed by atoms with Crippen LogP contribution < -0.4 is 15.6 Å². The van der Waals surface area contributed by atoms with E-state index in [2.05, 4.69) is 21.2 Å². The van der Waals surface area contributed by atoms with Crippen molar-refractivity contribution in [2.75, 3.05) is 0 Å². The first-order valence-corrected chi connectivity index (χ1v) is 11.1. The number of hydrogen-bond donors (Lipinski definition) is 2. The normalized spacial score (nSPS) is 14.6. The molecule has 1 aromatic heterocycles. The van der Waals surface area contributed by atoms with Gasteiger partial charge in [-0.05, 0) is 63.1 Å². The van der Waals surface area contributed by atoms with Crippen molar-refractivity contribution in [1.82, 2.24) is 25.8 Å². The van der Waals surface area contributed by atoms with Crippen molar-refractivity contribution in [2.45, 2.75) is 58.6 Å². The Morgan fingerprint density at radius 3 is 2.33 bits per heavy atom. The van der Waals surface area contributed by atoms with Crippen molar-refractivity contribution in [3.63, 3.8) is 0 Å². The highest BCUT2D eigenvalue weighted by Crippen LogP contribution is 2.37. The number of rotatable bonds is 5. The SMILES string of the molecule is CCC1(CC)CC(=O)c2cc(C(=O)NNC(=O)c3ccc4c(c3)nnn4C(C)C)ccc2O1. The fraction of sp³-hybridized carbons (Fsp3) is 0.375. The van der Waals surface area contributed by atoms with Gasteiger partial charge in [-0.1, -0.05) is 19.1 Å². The Kier molecular flexibility index (Phi) is 5.88.